The molecule has 0 amide bonds. The van der Waals surface area contributed by atoms with Gasteiger partial charge in [-0.15, -0.1) is 11.3 Å². The van der Waals surface area contributed by atoms with Crippen molar-refractivity contribution >= 4 is 69.9 Å². The topological polar surface area (TPSA) is 122 Å². The second-order valence-electron chi connectivity index (χ2n) is 16.0. The summed E-state index contributed by atoms with van der Waals surface area (Å²) in [6, 6.07) is 10.6. The molecule has 55 heavy (non-hydrogen) atoms. The molecular weight excluding hydrogens is 745 g/mol. The van der Waals surface area contributed by atoms with Crippen LogP contribution in [0.4, 0.5) is 24.9 Å². The molecular formula is C37H50B2F3N9O2S2. The lowest BCUT2D eigenvalue weighted by Gasteiger charge is -2.38. The minimum absolute atomic E-state index is 0.107. The van der Waals surface area contributed by atoms with Crippen LogP contribution >= 0.6 is 11.3 Å². The third-order valence-electron chi connectivity index (χ3n) is 12.0. The summed E-state index contributed by atoms with van der Waals surface area (Å²) in [4.78, 5) is 14.6. The smallest absolute Gasteiger partial charge is 0.367 e. The number of piperazine rings is 1. The third-order valence-corrected chi connectivity index (χ3v) is 15.4. The van der Waals surface area contributed by atoms with Gasteiger partial charge in [-0.3, -0.25) is 9.80 Å². The largest absolute Gasteiger partial charge is 0.385 e. The van der Waals surface area contributed by atoms with Gasteiger partial charge in [0.2, 0.25) is 16.0 Å². The van der Waals surface area contributed by atoms with Crippen molar-refractivity contribution in [1.29, 1.82) is 5.26 Å². The minimum atomic E-state index is -4.39. The summed E-state index contributed by atoms with van der Waals surface area (Å²) in [7, 11) is 0.897. The number of halogens is 3. The van der Waals surface area contributed by atoms with E-state index in [0.29, 0.717) is 66.3 Å². The maximum atomic E-state index is 13.9. The monoisotopic (exact) mass is 795 g/mol. The molecule has 3 aromatic heterocycles. The number of hydrogen-bond donors (Lipinski definition) is 2. The lowest BCUT2D eigenvalue weighted by atomic mass is 9.53. The van der Waals surface area contributed by atoms with Crippen molar-refractivity contribution in [2.24, 2.45) is 5.92 Å². The van der Waals surface area contributed by atoms with Crippen molar-refractivity contribution in [3.8, 4) is 6.07 Å². The third kappa shape index (κ3) is 8.23. The molecule has 1 aromatic carbocycles. The quantitative estimate of drug-likeness (QED) is 0.193. The molecule has 2 N–H and O–H groups in total. The molecule has 2 aliphatic heterocycles. The molecule has 1 saturated carbocycles. The summed E-state index contributed by atoms with van der Waals surface area (Å²) in [5, 5.41) is 16.4. The minimum Gasteiger partial charge on any atom is -0.367 e. The van der Waals surface area contributed by atoms with Gasteiger partial charge in [0.05, 0.1) is 11.1 Å². The van der Waals surface area contributed by atoms with Crippen molar-refractivity contribution in [2.45, 2.75) is 82.5 Å². The van der Waals surface area contributed by atoms with E-state index < -0.39 is 21.4 Å². The van der Waals surface area contributed by atoms with Gasteiger partial charge in [-0.05, 0) is 74.3 Å². The van der Waals surface area contributed by atoms with Crippen LogP contribution in [0.3, 0.4) is 0 Å². The Morgan fingerprint density at radius 2 is 1.75 bits per heavy atom. The SMILES string of the molecule is BC(B)(c1cc2c(NC3CCN(Cc4ccc5c(cc(C#N)n5C[C@H](CC)N5CCN(S(=O)(=O)CC6CC6)CC5)c4C)CC3)nc(NC)nc2s1)C(F)(F)F. The second kappa shape index (κ2) is 15.5. The van der Waals surface area contributed by atoms with Gasteiger partial charge in [0.15, 0.2) is 0 Å². The van der Waals surface area contributed by atoms with Crippen molar-refractivity contribution in [3.05, 3.63) is 46.0 Å². The first-order valence-electron chi connectivity index (χ1n) is 19.4. The van der Waals surface area contributed by atoms with Crippen molar-refractivity contribution in [3.63, 3.8) is 0 Å². The zero-order valence-electron chi connectivity index (χ0n) is 32.3. The number of hydrogen-bond acceptors (Lipinski definition) is 10. The summed E-state index contributed by atoms with van der Waals surface area (Å²) in [6.07, 6.45) is 0.238. The first-order valence-corrected chi connectivity index (χ1v) is 21.8. The zero-order valence-corrected chi connectivity index (χ0v) is 34.0. The number of rotatable bonds is 13. The summed E-state index contributed by atoms with van der Waals surface area (Å²) < 4.78 is 71.2. The van der Waals surface area contributed by atoms with Gasteiger partial charge in [0, 0.05) is 92.5 Å². The Bertz CT molecular complexity index is 2180. The number of aryl methyl sites for hydroxylation is 1. The average molecular weight is 796 g/mol. The molecule has 0 radical (unpaired) electrons. The highest BCUT2D eigenvalue weighted by Crippen LogP contribution is 2.42. The Morgan fingerprint density at radius 3 is 2.36 bits per heavy atom. The molecule has 3 fully saturated rings. The van der Waals surface area contributed by atoms with Gasteiger partial charge >= 0.3 is 6.18 Å². The summed E-state index contributed by atoms with van der Waals surface area (Å²) >= 11 is 1.06. The number of nitrogens with zero attached hydrogens (tertiary/aromatic N) is 7. The molecule has 5 heterocycles. The number of thiophene rings is 1. The molecule has 0 bridgehead atoms. The van der Waals surface area contributed by atoms with Crippen LogP contribution in [0.2, 0.25) is 0 Å². The summed E-state index contributed by atoms with van der Waals surface area (Å²) in [5.41, 5.74) is 4.04. The van der Waals surface area contributed by atoms with Crippen LogP contribution in [0.15, 0.2) is 24.3 Å². The number of alkyl halides is 3. The van der Waals surface area contributed by atoms with E-state index in [2.05, 4.69) is 67.0 Å². The average Bonchev–Trinajstić information content (AvgIpc) is 3.71. The van der Waals surface area contributed by atoms with Gasteiger partial charge < -0.3 is 15.2 Å². The maximum absolute atomic E-state index is 13.9. The number of fused-ring (bicyclic) bond motifs is 2. The van der Waals surface area contributed by atoms with Crippen molar-refractivity contribution in [2.75, 3.05) is 62.7 Å². The van der Waals surface area contributed by atoms with E-state index in [4.69, 9.17) is 0 Å². The highest BCUT2D eigenvalue weighted by atomic mass is 32.2. The number of aromatic nitrogens is 3. The van der Waals surface area contributed by atoms with Crippen LogP contribution in [0.1, 0.15) is 60.7 Å². The Labute approximate surface area is 327 Å². The Kier molecular flexibility index (Phi) is 11.3. The molecule has 2 saturated heterocycles. The molecule has 1 aliphatic carbocycles. The molecule has 0 unspecified atom stereocenters. The van der Waals surface area contributed by atoms with E-state index in [0.717, 1.165) is 79.5 Å². The molecule has 11 nitrogen and oxygen atoms in total. The van der Waals surface area contributed by atoms with Crippen LogP contribution in [-0.4, -0.2) is 123 Å². The van der Waals surface area contributed by atoms with E-state index in [9.17, 15) is 26.9 Å². The fraction of sp³-hybridized carbons (Fsp3) is 0.595. The molecule has 0 spiro atoms. The van der Waals surface area contributed by atoms with E-state index >= 15 is 0 Å². The molecule has 7 rings (SSSR count). The van der Waals surface area contributed by atoms with Gasteiger partial charge in [0.25, 0.3) is 0 Å². The molecule has 294 valence electrons. The maximum Gasteiger partial charge on any atom is 0.385 e. The highest BCUT2D eigenvalue weighted by Gasteiger charge is 2.49. The van der Waals surface area contributed by atoms with Crippen LogP contribution in [0.5, 0.6) is 0 Å². The van der Waals surface area contributed by atoms with Crippen LogP contribution in [-0.2, 0) is 28.3 Å². The number of likely N-dealkylation sites (tertiary alicyclic amines) is 1. The van der Waals surface area contributed by atoms with Crippen molar-refractivity contribution in [1.82, 2.24) is 28.6 Å². The van der Waals surface area contributed by atoms with Crippen LogP contribution in [0.25, 0.3) is 21.1 Å². The van der Waals surface area contributed by atoms with E-state index in [1.165, 1.54) is 21.3 Å². The van der Waals surface area contributed by atoms with E-state index in [1.54, 1.807) is 17.4 Å². The molecule has 3 aliphatic rings. The highest BCUT2D eigenvalue weighted by molar-refractivity contribution is 7.89. The number of piperidine rings is 1. The Hall–Kier alpha value is -3.36. The van der Waals surface area contributed by atoms with Gasteiger partial charge in [0.1, 0.15) is 38.1 Å². The van der Waals surface area contributed by atoms with Gasteiger partial charge in [-0.2, -0.15) is 27.7 Å². The van der Waals surface area contributed by atoms with Crippen molar-refractivity contribution < 1.29 is 21.6 Å². The van der Waals surface area contributed by atoms with Crippen LogP contribution < -0.4 is 10.6 Å². The number of anilines is 2. The Morgan fingerprint density at radius 1 is 1.04 bits per heavy atom. The summed E-state index contributed by atoms with van der Waals surface area (Å²) in [6.45, 7) is 9.82. The van der Waals surface area contributed by atoms with Gasteiger partial charge in [-0.25, -0.2) is 13.4 Å². The normalized spacial score (nSPS) is 19.2. The fourth-order valence-electron chi connectivity index (χ4n) is 7.99. The molecule has 1 atom stereocenters. The number of nitrogens with one attached hydrogen (secondary N) is 2. The first kappa shape index (κ1) is 39.9. The fourth-order valence-corrected chi connectivity index (χ4v) is 11.0. The number of nitriles is 1. The van der Waals surface area contributed by atoms with E-state index in [-0.39, 0.29) is 22.7 Å². The van der Waals surface area contributed by atoms with Gasteiger partial charge in [-0.1, -0.05) is 13.0 Å². The Balaban J connectivity index is 0.998. The molecule has 18 heteroatoms. The predicted molar refractivity (Wildman–Crippen MR) is 219 cm³/mol. The lowest BCUT2D eigenvalue weighted by molar-refractivity contribution is -0.143. The zero-order chi connectivity index (χ0) is 39.3. The summed E-state index contributed by atoms with van der Waals surface area (Å²) in [5.74, 6) is 1.53. The van der Waals surface area contributed by atoms with E-state index in [1.807, 2.05) is 6.07 Å². The number of benzene rings is 1. The first-order chi connectivity index (χ1) is 26.1. The second-order valence-corrected chi connectivity index (χ2v) is 19.1. The predicted octanol–water partition coefficient (Wildman–Crippen LogP) is 4.06. The number of sulfonamides is 1. The van der Waals surface area contributed by atoms with Crippen LogP contribution in [0, 0.1) is 24.2 Å². The molecule has 4 aromatic rings. The standard InChI is InChI=1S/C37H50B2F3N9O2S2/c1-4-27(49-13-15-50(16-14-49)55(52,53)22-24-5-6-24)21-51-28(19-43)17-29-23(2)25(7-8-31(29)51)20-48-11-9-26(10-12-48)45-33-30-18-32(36(38,39)37(40,41)42)54-34(30)47-35(44-3)46-33/h7-8,17-18,24,26-27H,4-6,9-16,20-22,38-39H2,1-3H3,(H2,44,45,46,47)/t27-/m0/s1. The lowest BCUT2D eigenvalue weighted by Crippen LogP contribution is -2.53.